The highest BCUT2D eigenvalue weighted by Crippen LogP contribution is 2.34. The lowest BCUT2D eigenvalue weighted by Gasteiger charge is -2.12. The maximum Gasteiger partial charge on any atom is 0.293 e. The number of para-hydroxylation sites is 1. The van der Waals surface area contributed by atoms with Crippen molar-refractivity contribution in [1.82, 2.24) is 9.47 Å². The van der Waals surface area contributed by atoms with Gasteiger partial charge < -0.3 is 4.57 Å². The van der Waals surface area contributed by atoms with Gasteiger partial charge in [0.1, 0.15) is 0 Å². The summed E-state index contributed by atoms with van der Waals surface area (Å²) in [6, 6.07) is 18.1. The number of amides is 2. The van der Waals surface area contributed by atoms with Gasteiger partial charge in [0, 0.05) is 35.8 Å². The van der Waals surface area contributed by atoms with Crippen LogP contribution in [-0.4, -0.2) is 27.2 Å². The second-order valence-electron chi connectivity index (χ2n) is 7.72. The average molecular weight is 405 g/mol. The van der Waals surface area contributed by atoms with Crippen LogP contribution < -0.4 is 0 Å². The van der Waals surface area contributed by atoms with Crippen LogP contribution in [0, 0.1) is 5.92 Å². The first-order chi connectivity index (χ1) is 14.0. The Bertz CT molecular complexity index is 1080. The van der Waals surface area contributed by atoms with Crippen LogP contribution in [0.3, 0.4) is 0 Å². The van der Waals surface area contributed by atoms with Crippen molar-refractivity contribution in [1.29, 1.82) is 0 Å². The lowest BCUT2D eigenvalue weighted by molar-refractivity contribution is -0.122. The predicted molar refractivity (Wildman–Crippen MR) is 120 cm³/mol. The number of rotatable bonds is 6. The predicted octanol–water partition coefficient (Wildman–Crippen LogP) is 5.58. The summed E-state index contributed by atoms with van der Waals surface area (Å²) >= 11 is 1.03. The number of imide groups is 1. The molecule has 1 aromatic heterocycles. The molecule has 4 nitrogen and oxygen atoms in total. The van der Waals surface area contributed by atoms with Gasteiger partial charge >= 0.3 is 0 Å². The van der Waals surface area contributed by atoms with Crippen LogP contribution in [0.4, 0.5) is 4.79 Å². The summed E-state index contributed by atoms with van der Waals surface area (Å²) in [6.45, 7) is 5.69. The quantitative estimate of drug-likeness (QED) is 0.504. The van der Waals surface area contributed by atoms with Crippen molar-refractivity contribution >= 4 is 39.9 Å². The molecule has 0 aliphatic carbocycles. The molecule has 0 N–H and O–H groups in total. The van der Waals surface area contributed by atoms with Gasteiger partial charge in [0.25, 0.3) is 11.1 Å². The normalized spacial score (nSPS) is 16.0. The smallest absolute Gasteiger partial charge is 0.293 e. The molecule has 1 aliphatic heterocycles. The minimum Gasteiger partial charge on any atom is -0.347 e. The largest absolute Gasteiger partial charge is 0.347 e. The lowest BCUT2D eigenvalue weighted by Crippen LogP contribution is -2.30. The highest BCUT2D eigenvalue weighted by Gasteiger charge is 2.34. The van der Waals surface area contributed by atoms with E-state index in [9.17, 15) is 9.59 Å². The third-order valence-electron chi connectivity index (χ3n) is 5.01. The van der Waals surface area contributed by atoms with E-state index in [0.29, 0.717) is 23.8 Å². The summed E-state index contributed by atoms with van der Waals surface area (Å²) in [7, 11) is 0. The summed E-state index contributed by atoms with van der Waals surface area (Å²) in [6.07, 6.45) is 4.62. The van der Waals surface area contributed by atoms with E-state index < -0.39 is 0 Å². The fourth-order valence-electron chi connectivity index (χ4n) is 3.65. The fourth-order valence-corrected chi connectivity index (χ4v) is 4.51. The van der Waals surface area contributed by atoms with Crippen molar-refractivity contribution < 1.29 is 9.59 Å². The van der Waals surface area contributed by atoms with Crippen LogP contribution in [0.15, 0.2) is 65.7 Å². The van der Waals surface area contributed by atoms with Gasteiger partial charge in [0.2, 0.25) is 0 Å². The minimum atomic E-state index is -0.198. The number of carbonyl (C=O) groups excluding carboxylic acids is 2. The first-order valence-corrected chi connectivity index (χ1v) is 10.7. The SMILES string of the molecule is CC(C)Cn1cc(/C=C2\SC(=O)N(CCc3ccccc3)C2=O)c2ccccc21. The molecule has 0 radical (unpaired) electrons. The van der Waals surface area contributed by atoms with E-state index in [1.54, 1.807) is 0 Å². The van der Waals surface area contributed by atoms with Gasteiger partial charge in [-0.25, -0.2) is 0 Å². The van der Waals surface area contributed by atoms with E-state index in [4.69, 9.17) is 0 Å². The van der Waals surface area contributed by atoms with Gasteiger partial charge in [-0.2, -0.15) is 0 Å². The standard InChI is InChI=1S/C24H24N2O2S/c1-17(2)15-25-16-19(20-10-6-7-11-21(20)25)14-22-23(27)26(24(28)29-22)13-12-18-8-4-3-5-9-18/h3-11,14,16-17H,12-13,15H2,1-2H3/b22-14-. The number of thioether (sulfide) groups is 1. The number of nitrogens with zero attached hydrogens (tertiary/aromatic N) is 2. The molecule has 1 saturated heterocycles. The molecule has 2 aromatic carbocycles. The van der Waals surface area contributed by atoms with Gasteiger partial charge in [-0.1, -0.05) is 62.4 Å². The Balaban J connectivity index is 1.59. The Morgan fingerprint density at radius 1 is 1.00 bits per heavy atom. The molecular weight excluding hydrogens is 380 g/mol. The number of hydrogen-bond acceptors (Lipinski definition) is 3. The monoisotopic (exact) mass is 404 g/mol. The highest BCUT2D eigenvalue weighted by molar-refractivity contribution is 8.18. The zero-order chi connectivity index (χ0) is 20.4. The number of fused-ring (bicyclic) bond motifs is 1. The van der Waals surface area contributed by atoms with Crippen molar-refractivity contribution in [2.75, 3.05) is 6.54 Å². The fraction of sp³-hybridized carbons (Fsp3) is 0.250. The van der Waals surface area contributed by atoms with Crippen LogP contribution in [0.5, 0.6) is 0 Å². The molecule has 0 spiro atoms. The molecule has 0 unspecified atom stereocenters. The Hall–Kier alpha value is -2.79. The van der Waals surface area contributed by atoms with Gasteiger partial charge in [-0.05, 0) is 41.8 Å². The van der Waals surface area contributed by atoms with E-state index >= 15 is 0 Å². The van der Waals surface area contributed by atoms with E-state index in [1.165, 1.54) is 4.90 Å². The third kappa shape index (κ3) is 4.15. The van der Waals surface area contributed by atoms with Crippen molar-refractivity contribution in [2.45, 2.75) is 26.8 Å². The summed E-state index contributed by atoms with van der Waals surface area (Å²) < 4.78 is 2.23. The van der Waals surface area contributed by atoms with Crippen LogP contribution in [0.2, 0.25) is 0 Å². The molecule has 0 saturated carbocycles. The highest BCUT2D eigenvalue weighted by atomic mass is 32.2. The first-order valence-electron chi connectivity index (χ1n) is 9.90. The van der Waals surface area contributed by atoms with E-state index in [0.717, 1.165) is 40.3 Å². The van der Waals surface area contributed by atoms with Crippen molar-refractivity contribution in [2.24, 2.45) is 5.92 Å². The molecule has 4 rings (SSSR count). The molecule has 3 aromatic rings. The van der Waals surface area contributed by atoms with Gasteiger partial charge in [-0.15, -0.1) is 0 Å². The van der Waals surface area contributed by atoms with Crippen molar-refractivity contribution in [3.8, 4) is 0 Å². The molecule has 2 amide bonds. The molecule has 148 valence electrons. The summed E-state index contributed by atoms with van der Waals surface area (Å²) in [5.41, 5.74) is 3.25. The second kappa shape index (κ2) is 8.29. The molecule has 1 fully saturated rings. The van der Waals surface area contributed by atoms with Crippen molar-refractivity contribution in [3.63, 3.8) is 0 Å². The molecule has 0 bridgehead atoms. The van der Waals surface area contributed by atoms with Crippen LogP contribution in [-0.2, 0) is 17.8 Å². The zero-order valence-electron chi connectivity index (χ0n) is 16.7. The summed E-state index contributed by atoms with van der Waals surface area (Å²) in [5.74, 6) is 0.320. The molecule has 1 aliphatic rings. The van der Waals surface area contributed by atoms with Crippen molar-refractivity contribution in [3.05, 3.63) is 76.8 Å². The van der Waals surface area contributed by atoms with Crippen LogP contribution in [0.1, 0.15) is 25.0 Å². The molecular formula is C24H24N2O2S. The van der Waals surface area contributed by atoms with Gasteiger partial charge in [0.05, 0.1) is 4.91 Å². The van der Waals surface area contributed by atoms with Gasteiger partial charge in [0.15, 0.2) is 0 Å². The van der Waals surface area contributed by atoms with E-state index in [2.05, 4.69) is 36.7 Å². The minimum absolute atomic E-state index is 0.192. The number of aromatic nitrogens is 1. The summed E-state index contributed by atoms with van der Waals surface area (Å²) in [5, 5.41) is 0.910. The topological polar surface area (TPSA) is 42.3 Å². The number of carbonyl (C=O) groups is 2. The molecule has 0 atom stereocenters. The second-order valence-corrected chi connectivity index (χ2v) is 8.71. The molecule has 29 heavy (non-hydrogen) atoms. The van der Waals surface area contributed by atoms with Gasteiger partial charge in [-0.3, -0.25) is 14.5 Å². The van der Waals surface area contributed by atoms with E-state index in [-0.39, 0.29) is 11.1 Å². The maximum atomic E-state index is 12.9. The number of benzene rings is 2. The first kappa shape index (κ1) is 19.5. The number of hydrogen-bond donors (Lipinski definition) is 0. The Morgan fingerprint density at radius 2 is 1.72 bits per heavy atom. The summed E-state index contributed by atoms with van der Waals surface area (Å²) in [4.78, 5) is 27.2. The van der Waals surface area contributed by atoms with Crippen LogP contribution in [0.25, 0.3) is 17.0 Å². The molecule has 5 heteroatoms. The van der Waals surface area contributed by atoms with E-state index in [1.807, 2.05) is 48.5 Å². The lowest BCUT2D eigenvalue weighted by atomic mass is 10.1. The third-order valence-corrected chi connectivity index (χ3v) is 5.92. The maximum absolute atomic E-state index is 12.9. The Kier molecular flexibility index (Phi) is 5.58. The average Bonchev–Trinajstić information content (AvgIpc) is 3.18. The molecule has 2 heterocycles. The Labute approximate surface area is 175 Å². The zero-order valence-corrected chi connectivity index (χ0v) is 17.5. The Morgan fingerprint density at radius 3 is 2.48 bits per heavy atom. The van der Waals surface area contributed by atoms with Crippen LogP contribution >= 0.6 is 11.8 Å².